The molecule has 25 heavy (non-hydrogen) atoms. The molecule has 1 aromatic carbocycles. The van der Waals surface area contributed by atoms with Crippen LogP contribution < -0.4 is 9.64 Å². The van der Waals surface area contributed by atoms with Gasteiger partial charge in [0.05, 0.1) is 13.2 Å². The molecule has 1 aliphatic heterocycles. The maximum absolute atomic E-state index is 5.84. The van der Waals surface area contributed by atoms with Crippen LogP contribution in [0.25, 0.3) is 0 Å². The zero-order chi connectivity index (χ0) is 17.5. The van der Waals surface area contributed by atoms with E-state index in [0.29, 0.717) is 18.3 Å². The summed E-state index contributed by atoms with van der Waals surface area (Å²) in [5.74, 6) is 1.99. The fourth-order valence-electron chi connectivity index (χ4n) is 3.00. The van der Waals surface area contributed by atoms with Crippen molar-refractivity contribution in [2.24, 2.45) is 0 Å². The number of benzene rings is 1. The standard InChI is InChI=1S/C19H25N3O3/c1-23-14-17-20-18(11-19(21-17)24-2)22(13-16-9-6-10-25-16)12-15-7-4-3-5-8-15/h3-5,7-8,11,16H,6,9-10,12-14H2,1-2H3/t16-/m1/s1. The second-order valence-corrected chi connectivity index (χ2v) is 6.12. The molecule has 2 heterocycles. The Bertz CT molecular complexity index is 660. The third kappa shape index (κ3) is 4.90. The van der Waals surface area contributed by atoms with Crippen molar-refractivity contribution >= 4 is 5.82 Å². The van der Waals surface area contributed by atoms with Crippen LogP contribution >= 0.6 is 0 Å². The summed E-state index contributed by atoms with van der Waals surface area (Å²) >= 11 is 0. The smallest absolute Gasteiger partial charge is 0.218 e. The Morgan fingerprint density at radius 2 is 2.04 bits per heavy atom. The predicted octanol–water partition coefficient (Wildman–Crippen LogP) is 2.82. The minimum atomic E-state index is 0.232. The summed E-state index contributed by atoms with van der Waals surface area (Å²) in [5.41, 5.74) is 1.23. The zero-order valence-electron chi connectivity index (χ0n) is 14.9. The number of rotatable bonds is 8. The van der Waals surface area contributed by atoms with Gasteiger partial charge in [0, 0.05) is 32.9 Å². The summed E-state index contributed by atoms with van der Waals surface area (Å²) in [6, 6.07) is 12.2. The van der Waals surface area contributed by atoms with E-state index in [0.717, 1.165) is 38.4 Å². The normalized spacial score (nSPS) is 16.8. The maximum Gasteiger partial charge on any atom is 0.218 e. The average Bonchev–Trinajstić information content (AvgIpc) is 3.15. The minimum absolute atomic E-state index is 0.232. The van der Waals surface area contributed by atoms with Crippen LogP contribution in [0, 0.1) is 0 Å². The van der Waals surface area contributed by atoms with Crippen molar-refractivity contribution in [3.63, 3.8) is 0 Å². The highest BCUT2D eigenvalue weighted by molar-refractivity contribution is 5.43. The quantitative estimate of drug-likeness (QED) is 0.735. The lowest BCUT2D eigenvalue weighted by Gasteiger charge is -2.27. The lowest BCUT2D eigenvalue weighted by molar-refractivity contribution is 0.115. The summed E-state index contributed by atoms with van der Waals surface area (Å²) in [5, 5.41) is 0. The number of ether oxygens (including phenoxy) is 3. The van der Waals surface area contributed by atoms with Gasteiger partial charge in [-0.05, 0) is 18.4 Å². The molecule has 2 aromatic rings. The summed E-state index contributed by atoms with van der Waals surface area (Å²) in [7, 11) is 3.25. The molecule has 1 fully saturated rings. The molecule has 0 spiro atoms. The monoisotopic (exact) mass is 343 g/mol. The van der Waals surface area contributed by atoms with Gasteiger partial charge in [0.15, 0.2) is 5.82 Å². The molecule has 3 rings (SSSR count). The van der Waals surface area contributed by atoms with Gasteiger partial charge >= 0.3 is 0 Å². The SMILES string of the molecule is COCc1nc(OC)cc(N(Cc2ccccc2)C[C@H]2CCCO2)n1. The first-order valence-corrected chi connectivity index (χ1v) is 8.60. The lowest BCUT2D eigenvalue weighted by Crippen LogP contribution is -2.32. The molecule has 0 bridgehead atoms. The molecule has 0 radical (unpaired) electrons. The molecule has 1 saturated heterocycles. The van der Waals surface area contributed by atoms with Crippen molar-refractivity contribution in [3.8, 4) is 5.88 Å². The van der Waals surface area contributed by atoms with Gasteiger partial charge in [-0.1, -0.05) is 30.3 Å². The van der Waals surface area contributed by atoms with E-state index in [4.69, 9.17) is 14.2 Å². The van der Waals surface area contributed by atoms with E-state index in [9.17, 15) is 0 Å². The molecule has 134 valence electrons. The highest BCUT2D eigenvalue weighted by Crippen LogP contribution is 2.23. The van der Waals surface area contributed by atoms with Crippen LogP contribution in [0.1, 0.15) is 24.2 Å². The molecule has 6 heteroatoms. The Balaban J connectivity index is 1.87. The van der Waals surface area contributed by atoms with Crippen molar-refractivity contribution in [3.05, 3.63) is 47.8 Å². The van der Waals surface area contributed by atoms with Crippen LogP contribution in [0.15, 0.2) is 36.4 Å². The number of methoxy groups -OCH3 is 2. The lowest BCUT2D eigenvalue weighted by atomic mass is 10.2. The van der Waals surface area contributed by atoms with Gasteiger partial charge in [-0.3, -0.25) is 0 Å². The molecule has 0 saturated carbocycles. The minimum Gasteiger partial charge on any atom is -0.481 e. The fourth-order valence-corrected chi connectivity index (χ4v) is 3.00. The van der Waals surface area contributed by atoms with Crippen molar-refractivity contribution in [1.82, 2.24) is 9.97 Å². The Hall–Kier alpha value is -2.18. The van der Waals surface area contributed by atoms with E-state index < -0.39 is 0 Å². The molecule has 1 aromatic heterocycles. The molecule has 6 nitrogen and oxygen atoms in total. The van der Waals surface area contributed by atoms with Crippen LogP contribution in [0.4, 0.5) is 5.82 Å². The molecule has 0 N–H and O–H groups in total. The number of aromatic nitrogens is 2. The summed E-state index contributed by atoms with van der Waals surface area (Å²) in [6.07, 6.45) is 2.43. The first kappa shape index (κ1) is 17.6. The Labute approximate surface area is 148 Å². The van der Waals surface area contributed by atoms with Crippen LogP contribution in [-0.2, 0) is 22.6 Å². The molecule has 1 atom stereocenters. The van der Waals surface area contributed by atoms with Gasteiger partial charge in [0.1, 0.15) is 12.4 Å². The van der Waals surface area contributed by atoms with E-state index in [-0.39, 0.29) is 6.10 Å². The predicted molar refractivity (Wildman–Crippen MR) is 95.8 cm³/mol. The van der Waals surface area contributed by atoms with Gasteiger partial charge in [-0.15, -0.1) is 0 Å². The maximum atomic E-state index is 5.84. The summed E-state index contributed by atoms with van der Waals surface area (Å²) in [6.45, 7) is 2.74. The van der Waals surface area contributed by atoms with Crippen LogP contribution in [0.3, 0.4) is 0 Å². The van der Waals surface area contributed by atoms with Crippen molar-refractivity contribution in [2.45, 2.75) is 32.1 Å². The first-order chi connectivity index (χ1) is 12.3. The topological polar surface area (TPSA) is 56.7 Å². The van der Waals surface area contributed by atoms with E-state index in [1.807, 2.05) is 12.1 Å². The van der Waals surface area contributed by atoms with Crippen LogP contribution in [0.5, 0.6) is 5.88 Å². The van der Waals surface area contributed by atoms with Gasteiger partial charge in [0.25, 0.3) is 0 Å². The van der Waals surface area contributed by atoms with Gasteiger partial charge < -0.3 is 19.1 Å². The van der Waals surface area contributed by atoms with E-state index >= 15 is 0 Å². The summed E-state index contributed by atoms with van der Waals surface area (Å²) < 4.78 is 16.4. The molecular weight excluding hydrogens is 318 g/mol. The van der Waals surface area contributed by atoms with E-state index in [1.54, 1.807) is 14.2 Å². The van der Waals surface area contributed by atoms with Crippen molar-refractivity contribution in [2.75, 3.05) is 32.3 Å². The second kappa shape index (κ2) is 8.78. The number of hydrogen-bond acceptors (Lipinski definition) is 6. The highest BCUT2D eigenvalue weighted by Gasteiger charge is 2.21. The molecule has 0 amide bonds. The molecule has 0 unspecified atom stereocenters. The first-order valence-electron chi connectivity index (χ1n) is 8.60. The fraction of sp³-hybridized carbons (Fsp3) is 0.474. The Morgan fingerprint density at radius 1 is 1.20 bits per heavy atom. The zero-order valence-corrected chi connectivity index (χ0v) is 14.9. The van der Waals surface area contributed by atoms with Crippen LogP contribution in [-0.4, -0.2) is 43.4 Å². The van der Waals surface area contributed by atoms with Gasteiger partial charge in [-0.2, -0.15) is 4.98 Å². The third-order valence-electron chi connectivity index (χ3n) is 4.21. The van der Waals surface area contributed by atoms with Gasteiger partial charge in [0.2, 0.25) is 5.88 Å². The largest absolute Gasteiger partial charge is 0.481 e. The number of hydrogen-bond donors (Lipinski definition) is 0. The van der Waals surface area contributed by atoms with Crippen molar-refractivity contribution < 1.29 is 14.2 Å². The van der Waals surface area contributed by atoms with Gasteiger partial charge in [-0.25, -0.2) is 4.98 Å². The second-order valence-electron chi connectivity index (χ2n) is 6.12. The average molecular weight is 343 g/mol. The molecular formula is C19H25N3O3. The van der Waals surface area contributed by atoms with Crippen LogP contribution in [0.2, 0.25) is 0 Å². The highest BCUT2D eigenvalue weighted by atomic mass is 16.5. The molecule has 1 aliphatic rings. The van der Waals surface area contributed by atoms with Crippen molar-refractivity contribution in [1.29, 1.82) is 0 Å². The number of nitrogens with zero attached hydrogens (tertiary/aromatic N) is 3. The third-order valence-corrected chi connectivity index (χ3v) is 4.21. The van der Waals surface area contributed by atoms with E-state index in [2.05, 4.69) is 39.1 Å². The van der Waals surface area contributed by atoms with E-state index in [1.165, 1.54) is 5.56 Å². The number of anilines is 1. The Morgan fingerprint density at radius 3 is 2.72 bits per heavy atom. The summed E-state index contributed by atoms with van der Waals surface area (Å²) in [4.78, 5) is 11.2. The molecule has 0 aliphatic carbocycles. The Kier molecular flexibility index (Phi) is 6.19.